The van der Waals surface area contributed by atoms with Crippen LogP contribution in [-0.4, -0.2) is 25.1 Å². The SMILES string of the molecule is COc1ccc(CNC(=O)[C@H](C)OC(=O)Cc2ccc(C)cc2)cc1. The van der Waals surface area contributed by atoms with Crippen molar-refractivity contribution in [3.05, 3.63) is 65.2 Å². The number of esters is 1. The number of hydrogen-bond donors (Lipinski definition) is 1. The van der Waals surface area contributed by atoms with Crippen molar-refractivity contribution in [2.75, 3.05) is 7.11 Å². The minimum absolute atomic E-state index is 0.149. The molecule has 0 aliphatic carbocycles. The zero-order valence-electron chi connectivity index (χ0n) is 14.7. The molecule has 0 aliphatic heterocycles. The lowest BCUT2D eigenvalue weighted by Crippen LogP contribution is -2.35. The molecule has 132 valence electrons. The molecule has 0 fully saturated rings. The summed E-state index contributed by atoms with van der Waals surface area (Å²) in [7, 11) is 1.60. The summed E-state index contributed by atoms with van der Waals surface area (Å²) in [5, 5.41) is 2.76. The van der Waals surface area contributed by atoms with Gasteiger partial charge in [0, 0.05) is 6.54 Å². The summed E-state index contributed by atoms with van der Waals surface area (Å²) in [6.45, 7) is 3.91. The summed E-state index contributed by atoms with van der Waals surface area (Å²) in [4.78, 5) is 24.0. The topological polar surface area (TPSA) is 64.6 Å². The van der Waals surface area contributed by atoms with Gasteiger partial charge in [0.15, 0.2) is 6.10 Å². The number of hydrogen-bond acceptors (Lipinski definition) is 4. The van der Waals surface area contributed by atoms with E-state index in [-0.39, 0.29) is 12.3 Å². The van der Waals surface area contributed by atoms with Gasteiger partial charge in [0.1, 0.15) is 5.75 Å². The summed E-state index contributed by atoms with van der Waals surface area (Å²) < 4.78 is 10.3. The molecule has 0 aromatic heterocycles. The molecule has 0 saturated carbocycles. The molecule has 0 bridgehead atoms. The number of carbonyl (C=O) groups is 2. The molecule has 0 radical (unpaired) electrons. The van der Waals surface area contributed by atoms with E-state index in [4.69, 9.17) is 9.47 Å². The lowest BCUT2D eigenvalue weighted by molar-refractivity contribution is -0.154. The highest BCUT2D eigenvalue weighted by Gasteiger charge is 2.17. The van der Waals surface area contributed by atoms with Crippen LogP contribution in [0.1, 0.15) is 23.6 Å². The van der Waals surface area contributed by atoms with Crippen molar-refractivity contribution in [2.45, 2.75) is 32.9 Å². The average molecular weight is 341 g/mol. The number of carbonyl (C=O) groups excluding carboxylic acids is 2. The molecular weight excluding hydrogens is 318 g/mol. The summed E-state index contributed by atoms with van der Waals surface area (Å²) in [5.41, 5.74) is 2.93. The molecule has 0 saturated heterocycles. The molecule has 5 nitrogen and oxygen atoms in total. The molecule has 1 N–H and O–H groups in total. The third-order valence-electron chi connectivity index (χ3n) is 3.77. The third-order valence-corrected chi connectivity index (χ3v) is 3.77. The maximum atomic E-state index is 12.1. The Morgan fingerprint density at radius 3 is 2.20 bits per heavy atom. The van der Waals surface area contributed by atoms with Crippen molar-refractivity contribution < 1.29 is 19.1 Å². The number of aryl methyl sites for hydroxylation is 1. The lowest BCUT2D eigenvalue weighted by atomic mass is 10.1. The predicted molar refractivity (Wildman–Crippen MR) is 95.3 cm³/mol. The minimum atomic E-state index is -0.837. The van der Waals surface area contributed by atoms with Crippen LogP contribution < -0.4 is 10.1 Å². The smallest absolute Gasteiger partial charge is 0.311 e. The maximum Gasteiger partial charge on any atom is 0.311 e. The highest BCUT2D eigenvalue weighted by molar-refractivity contribution is 5.83. The first-order chi connectivity index (χ1) is 12.0. The van der Waals surface area contributed by atoms with Crippen LogP contribution in [0.15, 0.2) is 48.5 Å². The Hall–Kier alpha value is -2.82. The first-order valence-electron chi connectivity index (χ1n) is 8.13. The second kappa shape index (κ2) is 8.87. The van der Waals surface area contributed by atoms with Crippen molar-refractivity contribution in [1.29, 1.82) is 0 Å². The van der Waals surface area contributed by atoms with Crippen molar-refractivity contribution >= 4 is 11.9 Å². The van der Waals surface area contributed by atoms with Crippen LogP contribution in [0, 0.1) is 6.92 Å². The van der Waals surface area contributed by atoms with Gasteiger partial charge >= 0.3 is 5.97 Å². The largest absolute Gasteiger partial charge is 0.497 e. The number of methoxy groups -OCH3 is 1. The van der Waals surface area contributed by atoms with Gasteiger partial charge in [0.05, 0.1) is 13.5 Å². The van der Waals surface area contributed by atoms with E-state index in [2.05, 4.69) is 5.32 Å². The van der Waals surface area contributed by atoms with Crippen molar-refractivity contribution in [3.63, 3.8) is 0 Å². The number of nitrogens with one attached hydrogen (secondary N) is 1. The van der Waals surface area contributed by atoms with Gasteiger partial charge in [-0.05, 0) is 37.1 Å². The van der Waals surface area contributed by atoms with E-state index < -0.39 is 12.1 Å². The van der Waals surface area contributed by atoms with Crippen molar-refractivity contribution in [1.82, 2.24) is 5.32 Å². The maximum absolute atomic E-state index is 12.1. The Morgan fingerprint density at radius 1 is 1.00 bits per heavy atom. The normalized spacial score (nSPS) is 11.5. The second-order valence-electron chi connectivity index (χ2n) is 5.86. The van der Waals surface area contributed by atoms with Crippen LogP contribution in [0.4, 0.5) is 0 Å². The van der Waals surface area contributed by atoms with Gasteiger partial charge in [-0.1, -0.05) is 42.0 Å². The third kappa shape index (κ3) is 5.95. The highest BCUT2D eigenvalue weighted by Crippen LogP contribution is 2.11. The summed E-state index contributed by atoms with van der Waals surface area (Å²) >= 11 is 0. The standard InChI is InChI=1S/C20H23NO4/c1-14-4-6-16(7-5-14)12-19(22)25-15(2)20(23)21-13-17-8-10-18(24-3)11-9-17/h4-11,15H,12-13H2,1-3H3,(H,21,23)/t15-/m0/s1. The molecule has 0 aliphatic rings. The van der Waals surface area contributed by atoms with Crippen LogP contribution in [0.5, 0.6) is 5.75 Å². The van der Waals surface area contributed by atoms with Gasteiger partial charge in [-0.2, -0.15) is 0 Å². The van der Waals surface area contributed by atoms with Gasteiger partial charge in [-0.15, -0.1) is 0 Å². The Labute approximate surface area is 148 Å². The van der Waals surface area contributed by atoms with Gasteiger partial charge < -0.3 is 14.8 Å². The van der Waals surface area contributed by atoms with E-state index in [0.717, 1.165) is 22.4 Å². The fourth-order valence-electron chi connectivity index (χ4n) is 2.24. The monoisotopic (exact) mass is 341 g/mol. The van der Waals surface area contributed by atoms with Gasteiger partial charge in [0.25, 0.3) is 5.91 Å². The molecule has 2 aromatic rings. The van der Waals surface area contributed by atoms with E-state index >= 15 is 0 Å². The van der Waals surface area contributed by atoms with Crippen molar-refractivity contribution in [2.24, 2.45) is 0 Å². The molecule has 2 aromatic carbocycles. The van der Waals surface area contributed by atoms with Gasteiger partial charge in [0.2, 0.25) is 0 Å². The fourth-order valence-corrected chi connectivity index (χ4v) is 2.24. The Bertz CT molecular complexity index is 707. The fraction of sp³-hybridized carbons (Fsp3) is 0.300. The lowest BCUT2D eigenvalue weighted by Gasteiger charge is -2.14. The van der Waals surface area contributed by atoms with E-state index in [0.29, 0.717) is 6.54 Å². The molecule has 0 spiro atoms. The van der Waals surface area contributed by atoms with Crippen LogP contribution >= 0.6 is 0 Å². The molecule has 25 heavy (non-hydrogen) atoms. The molecule has 1 amide bonds. The highest BCUT2D eigenvalue weighted by atomic mass is 16.5. The number of amides is 1. The Morgan fingerprint density at radius 2 is 1.60 bits per heavy atom. The van der Waals surface area contributed by atoms with E-state index in [9.17, 15) is 9.59 Å². The first-order valence-corrected chi connectivity index (χ1v) is 8.13. The zero-order chi connectivity index (χ0) is 18.2. The molecule has 0 unspecified atom stereocenters. The number of rotatable bonds is 7. The van der Waals surface area contributed by atoms with Crippen molar-refractivity contribution in [3.8, 4) is 5.75 Å². The van der Waals surface area contributed by atoms with Gasteiger partial charge in [-0.3, -0.25) is 9.59 Å². The van der Waals surface area contributed by atoms with Crippen LogP contribution in [0.3, 0.4) is 0 Å². The summed E-state index contributed by atoms with van der Waals surface area (Å²) in [6, 6.07) is 15.0. The van der Waals surface area contributed by atoms with Crippen LogP contribution in [-0.2, 0) is 27.3 Å². The van der Waals surface area contributed by atoms with Crippen LogP contribution in [0.2, 0.25) is 0 Å². The quantitative estimate of drug-likeness (QED) is 0.787. The molecule has 0 heterocycles. The number of benzene rings is 2. The molecule has 1 atom stereocenters. The Balaban J connectivity index is 1.78. The zero-order valence-corrected chi connectivity index (χ0v) is 14.7. The summed E-state index contributed by atoms with van der Waals surface area (Å²) in [5.74, 6) is 0.0116. The second-order valence-corrected chi connectivity index (χ2v) is 5.86. The molecule has 2 rings (SSSR count). The molecular formula is C20H23NO4. The van der Waals surface area contributed by atoms with E-state index in [1.807, 2.05) is 55.5 Å². The Kier molecular flexibility index (Phi) is 6.57. The van der Waals surface area contributed by atoms with Gasteiger partial charge in [-0.25, -0.2) is 0 Å². The first kappa shape index (κ1) is 18.5. The predicted octanol–water partition coefficient (Wildman–Crippen LogP) is 2.79. The van der Waals surface area contributed by atoms with E-state index in [1.165, 1.54) is 0 Å². The summed E-state index contributed by atoms with van der Waals surface area (Å²) in [6.07, 6.45) is -0.688. The number of ether oxygens (including phenoxy) is 2. The average Bonchev–Trinajstić information content (AvgIpc) is 2.62. The van der Waals surface area contributed by atoms with E-state index in [1.54, 1.807) is 14.0 Å². The minimum Gasteiger partial charge on any atom is -0.497 e. The van der Waals surface area contributed by atoms with Crippen LogP contribution in [0.25, 0.3) is 0 Å². The molecule has 5 heteroatoms.